The minimum absolute atomic E-state index is 0.765. The van der Waals surface area contributed by atoms with Crippen LogP contribution in [0.4, 0.5) is 5.82 Å². The molecule has 0 radical (unpaired) electrons. The molecule has 1 unspecified atom stereocenters. The van der Waals surface area contributed by atoms with Crippen molar-refractivity contribution >= 4 is 32.5 Å². The Morgan fingerprint density at radius 2 is 2.29 bits per heavy atom. The highest BCUT2D eigenvalue weighted by molar-refractivity contribution is 9.09. The number of rotatable bonds is 4. The highest BCUT2D eigenvalue weighted by Gasteiger charge is 2.21. The van der Waals surface area contributed by atoms with Crippen molar-refractivity contribution in [1.82, 2.24) is 4.98 Å². The predicted molar refractivity (Wildman–Crippen MR) is 91.6 cm³/mol. The van der Waals surface area contributed by atoms with Crippen molar-refractivity contribution in [3.8, 4) is 5.75 Å². The SMILES string of the molecule is COc1ccc2ccnc(N3CCCC(CCBr)C3)c2c1. The highest BCUT2D eigenvalue weighted by atomic mass is 79.9. The van der Waals surface area contributed by atoms with Crippen molar-refractivity contribution in [3.05, 3.63) is 30.5 Å². The van der Waals surface area contributed by atoms with Crippen LogP contribution in [0.1, 0.15) is 19.3 Å². The lowest BCUT2D eigenvalue weighted by Gasteiger charge is -2.34. The van der Waals surface area contributed by atoms with Crippen LogP contribution >= 0.6 is 15.9 Å². The van der Waals surface area contributed by atoms with Gasteiger partial charge in [0.2, 0.25) is 0 Å². The Morgan fingerprint density at radius 3 is 3.10 bits per heavy atom. The van der Waals surface area contributed by atoms with Crippen LogP contribution in [0.15, 0.2) is 30.5 Å². The normalized spacial score (nSPS) is 19.0. The summed E-state index contributed by atoms with van der Waals surface area (Å²) in [5, 5.41) is 3.50. The monoisotopic (exact) mass is 348 g/mol. The summed E-state index contributed by atoms with van der Waals surface area (Å²) in [7, 11) is 1.71. The van der Waals surface area contributed by atoms with Gasteiger partial charge in [-0.1, -0.05) is 22.0 Å². The highest BCUT2D eigenvalue weighted by Crippen LogP contribution is 2.31. The molecule has 0 bridgehead atoms. The summed E-state index contributed by atoms with van der Waals surface area (Å²) in [6.45, 7) is 2.21. The molecule has 3 rings (SSSR count). The number of ether oxygens (including phenoxy) is 1. The molecule has 1 atom stereocenters. The molecular formula is C17H21BrN2O. The van der Waals surface area contributed by atoms with E-state index in [9.17, 15) is 0 Å². The van der Waals surface area contributed by atoms with E-state index in [0.29, 0.717) is 0 Å². The van der Waals surface area contributed by atoms with Crippen LogP contribution in [-0.4, -0.2) is 30.5 Å². The maximum atomic E-state index is 5.37. The van der Waals surface area contributed by atoms with E-state index in [2.05, 4.69) is 44.0 Å². The third-order valence-electron chi connectivity index (χ3n) is 4.29. The quantitative estimate of drug-likeness (QED) is 0.772. The second kappa shape index (κ2) is 6.65. The van der Waals surface area contributed by atoms with Crippen molar-refractivity contribution in [2.45, 2.75) is 19.3 Å². The first-order chi connectivity index (χ1) is 10.3. The first-order valence-electron chi connectivity index (χ1n) is 7.55. The molecule has 1 aromatic heterocycles. The van der Waals surface area contributed by atoms with Gasteiger partial charge in [-0.05, 0) is 48.8 Å². The minimum Gasteiger partial charge on any atom is -0.497 e. The number of hydrogen-bond donors (Lipinski definition) is 0. The number of aromatic nitrogens is 1. The van der Waals surface area contributed by atoms with Gasteiger partial charge in [-0.25, -0.2) is 4.98 Å². The number of benzene rings is 1. The van der Waals surface area contributed by atoms with E-state index < -0.39 is 0 Å². The summed E-state index contributed by atoms with van der Waals surface area (Å²) < 4.78 is 5.37. The largest absolute Gasteiger partial charge is 0.497 e. The van der Waals surface area contributed by atoms with E-state index in [1.165, 1.54) is 30.0 Å². The zero-order chi connectivity index (χ0) is 14.7. The Morgan fingerprint density at radius 1 is 1.38 bits per heavy atom. The van der Waals surface area contributed by atoms with Gasteiger partial charge >= 0.3 is 0 Å². The van der Waals surface area contributed by atoms with Crippen molar-refractivity contribution < 1.29 is 4.74 Å². The lowest BCUT2D eigenvalue weighted by atomic mass is 9.95. The zero-order valence-corrected chi connectivity index (χ0v) is 14.0. The number of anilines is 1. The van der Waals surface area contributed by atoms with E-state index in [4.69, 9.17) is 4.74 Å². The predicted octanol–water partition coefficient (Wildman–Crippen LogP) is 4.24. The minimum atomic E-state index is 0.765. The van der Waals surface area contributed by atoms with Gasteiger partial charge in [-0.15, -0.1) is 0 Å². The molecule has 2 aromatic rings. The summed E-state index contributed by atoms with van der Waals surface area (Å²) >= 11 is 3.57. The molecule has 4 heteroatoms. The maximum Gasteiger partial charge on any atom is 0.136 e. The molecule has 1 aromatic carbocycles. The number of halogens is 1. The van der Waals surface area contributed by atoms with Crippen molar-refractivity contribution in [3.63, 3.8) is 0 Å². The topological polar surface area (TPSA) is 25.4 Å². The van der Waals surface area contributed by atoms with Gasteiger partial charge in [0.15, 0.2) is 0 Å². The lowest BCUT2D eigenvalue weighted by Crippen LogP contribution is -2.36. The molecule has 112 valence electrons. The number of piperidine rings is 1. The Kier molecular flexibility index (Phi) is 4.63. The van der Waals surface area contributed by atoms with Crippen LogP contribution in [0.3, 0.4) is 0 Å². The molecule has 0 saturated carbocycles. The third-order valence-corrected chi connectivity index (χ3v) is 4.75. The van der Waals surface area contributed by atoms with E-state index >= 15 is 0 Å². The molecule has 0 spiro atoms. The molecule has 0 amide bonds. The molecule has 21 heavy (non-hydrogen) atoms. The van der Waals surface area contributed by atoms with Gasteiger partial charge in [0.1, 0.15) is 11.6 Å². The maximum absolute atomic E-state index is 5.37. The second-order valence-electron chi connectivity index (χ2n) is 5.65. The van der Waals surface area contributed by atoms with Gasteiger partial charge in [-0.3, -0.25) is 0 Å². The van der Waals surface area contributed by atoms with Gasteiger partial charge < -0.3 is 9.64 Å². The van der Waals surface area contributed by atoms with Gasteiger partial charge in [0, 0.05) is 30.0 Å². The first-order valence-corrected chi connectivity index (χ1v) is 8.67. The molecule has 0 aliphatic carbocycles. The van der Waals surface area contributed by atoms with E-state index in [1.54, 1.807) is 7.11 Å². The van der Waals surface area contributed by atoms with Crippen LogP contribution in [0.25, 0.3) is 10.8 Å². The first kappa shape index (κ1) is 14.6. The fourth-order valence-electron chi connectivity index (χ4n) is 3.16. The number of methoxy groups -OCH3 is 1. The average molecular weight is 349 g/mol. The summed E-state index contributed by atoms with van der Waals surface area (Å²) in [4.78, 5) is 7.10. The summed E-state index contributed by atoms with van der Waals surface area (Å²) in [5.74, 6) is 2.76. The fraction of sp³-hybridized carbons (Fsp3) is 0.471. The number of alkyl halides is 1. The standard InChI is InChI=1S/C17H21BrN2O/c1-21-15-5-4-14-7-9-19-17(16(14)11-15)20-10-2-3-13(12-20)6-8-18/h4-5,7,9,11,13H,2-3,6,8,10,12H2,1H3. The zero-order valence-electron chi connectivity index (χ0n) is 12.4. The van der Waals surface area contributed by atoms with Crippen LogP contribution in [0.2, 0.25) is 0 Å². The van der Waals surface area contributed by atoms with Gasteiger partial charge in [-0.2, -0.15) is 0 Å². The molecule has 1 fully saturated rings. The third kappa shape index (κ3) is 3.15. The van der Waals surface area contributed by atoms with Crippen molar-refractivity contribution in [2.75, 3.05) is 30.4 Å². The molecule has 0 N–H and O–H groups in total. The van der Waals surface area contributed by atoms with Crippen molar-refractivity contribution in [1.29, 1.82) is 0 Å². The summed E-state index contributed by atoms with van der Waals surface area (Å²) in [6.07, 6.45) is 5.73. The number of hydrogen-bond acceptors (Lipinski definition) is 3. The van der Waals surface area contributed by atoms with Crippen LogP contribution in [0, 0.1) is 5.92 Å². The molecular weight excluding hydrogens is 328 g/mol. The van der Waals surface area contributed by atoms with Crippen LogP contribution < -0.4 is 9.64 Å². The van der Waals surface area contributed by atoms with E-state index in [0.717, 1.165) is 35.9 Å². The molecule has 1 aliphatic heterocycles. The second-order valence-corrected chi connectivity index (χ2v) is 6.45. The fourth-order valence-corrected chi connectivity index (χ4v) is 3.81. The van der Waals surface area contributed by atoms with Crippen molar-refractivity contribution in [2.24, 2.45) is 5.92 Å². The lowest BCUT2D eigenvalue weighted by molar-refractivity contribution is 0.406. The van der Waals surface area contributed by atoms with Crippen LogP contribution in [-0.2, 0) is 0 Å². The Balaban J connectivity index is 1.95. The summed E-state index contributed by atoms with van der Waals surface area (Å²) in [5.41, 5.74) is 0. The molecule has 1 saturated heterocycles. The molecule has 3 nitrogen and oxygen atoms in total. The molecule has 1 aliphatic rings. The van der Waals surface area contributed by atoms with E-state index in [1.807, 2.05) is 12.3 Å². The Hall–Kier alpha value is -1.29. The van der Waals surface area contributed by atoms with Gasteiger partial charge in [0.05, 0.1) is 7.11 Å². The Labute approximate surface area is 134 Å². The average Bonchev–Trinajstić information content (AvgIpc) is 2.54. The molecule has 2 heterocycles. The van der Waals surface area contributed by atoms with Crippen LogP contribution in [0.5, 0.6) is 5.75 Å². The number of fused-ring (bicyclic) bond motifs is 1. The Bertz CT molecular complexity index is 615. The number of pyridine rings is 1. The smallest absolute Gasteiger partial charge is 0.136 e. The number of nitrogens with zero attached hydrogens (tertiary/aromatic N) is 2. The van der Waals surface area contributed by atoms with E-state index in [-0.39, 0.29) is 0 Å². The summed E-state index contributed by atoms with van der Waals surface area (Å²) in [6, 6.07) is 8.29. The van der Waals surface area contributed by atoms with Gasteiger partial charge in [0.25, 0.3) is 0 Å².